The van der Waals surface area contributed by atoms with Gasteiger partial charge in [-0.3, -0.25) is 4.98 Å². The molecule has 0 aliphatic carbocycles. The molecule has 2 heteroatoms. The molecular weight excluding hydrogens is 226 g/mol. The predicted molar refractivity (Wildman–Crippen MR) is 74.6 cm³/mol. The van der Waals surface area contributed by atoms with Crippen LogP contribution in [0.4, 0.5) is 0 Å². The zero-order valence-corrected chi connectivity index (χ0v) is 9.87. The van der Waals surface area contributed by atoms with Gasteiger partial charge in [-0.25, -0.2) is 0 Å². The van der Waals surface area contributed by atoms with Crippen molar-refractivity contribution in [3.05, 3.63) is 54.9 Å². The van der Waals surface area contributed by atoms with Gasteiger partial charge in [-0.1, -0.05) is 18.2 Å². The highest BCUT2D eigenvalue weighted by Crippen LogP contribution is 2.35. The Bertz CT molecular complexity index is 839. The molecule has 0 radical (unpaired) electrons. The molecule has 0 aliphatic heterocycles. The maximum absolute atomic E-state index is 4.18. The molecule has 0 bridgehead atoms. The van der Waals surface area contributed by atoms with E-state index < -0.39 is 0 Å². The average molecular weight is 235 g/mol. The van der Waals surface area contributed by atoms with E-state index in [9.17, 15) is 0 Å². The minimum Gasteiger partial charge on any atom is -0.264 e. The fraction of sp³-hybridized carbons (Fsp3) is 0. The van der Waals surface area contributed by atoms with E-state index in [2.05, 4.69) is 47.4 Å². The van der Waals surface area contributed by atoms with Crippen molar-refractivity contribution in [3.8, 4) is 0 Å². The van der Waals surface area contributed by atoms with E-state index in [0.717, 1.165) is 0 Å². The monoisotopic (exact) mass is 235 g/mol. The molecule has 4 rings (SSSR count). The molecule has 0 N–H and O–H groups in total. The van der Waals surface area contributed by atoms with Gasteiger partial charge in [0.1, 0.15) is 0 Å². The first-order valence-electron chi connectivity index (χ1n) is 5.57. The predicted octanol–water partition coefficient (Wildman–Crippen LogP) is 4.60. The normalized spacial score (nSPS) is 11.5. The van der Waals surface area contributed by atoms with Crippen molar-refractivity contribution in [2.45, 2.75) is 0 Å². The lowest BCUT2D eigenvalue weighted by atomic mass is 10.1. The number of nitrogens with zero attached hydrogens (tertiary/aromatic N) is 1. The van der Waals surface area contributed by atoms with E-state index in [4.69, 9.17) is 0 Å². The van der Waals surface area contributed by atoms with Gasteiger partial charge in [-0.05, 0) is 29.7 Å². The first kappa shape index (κ1) is 9.14. The van der Waals surface area contributed by atoms with Crippen LogP contribution in [0.25, 0.3) is 30.9 Å². The summed E-state index contributed by atoms with van der Waals surface area (Å²) in [4.78, 5) is 4.18. The summed E-state index contributed by atoms with van der Waals surface area (Å²) < 4.78 is 2.69. The smallest absolute Gasteiger partial charge is 0.0362 e. The SMILES string of the molecule is c1ccc2c(c1)sc1cc3cnccc3cc12. The summed E-state index contributed by atoms with van der Waals surface area (Å²) in [6.45, 7) is 0. The number of rotatable bonds is 0. The maximum atomic E-state index is 4.18. The van der Waals surface area contributed by atoms with Gasteiger partial charge in [-0.2, -0.15) is 0 Å². The number of hydrogen-bond donors (Lipinski definition) is 0. The first-order valence-corrected chi connectivity index (χ1v) is 6.38. The van der Waals surface area contributed by atoms with Crippen LogP contribution in [-0.2, 0) is 0 Å². The highest BCUT2D eigenvalue weighted by molar-refractivity contribution is 7.25. The van der Waals surface area contributed by atoms with Crippen molar-refractivity contribution in [1.82, 2.24) is 4.98 Å². The topological polar surface area (TPSA) is 12.9 Å². The quantitative estimate of drug-likeness (QED) is 0.434. The number of benzene rings is 2. The van der Waals surface area contributed by atoms with Crippen molar-refractivity contribution in [1.29, 1.82) is 0 Å². The van der Waals surface area contributed by atoms with Crippen molar-refractivity contribution >= 4 is 42.3 Å². The van der Waals surface area contributed by atoms with Crippen molar-refractivity contribution < 1.29 is 0 Å². The molecule has 0 aliphatic rings. The van der Waals surface area contributed by atoms with E-state index in [1.807, 2.05) is 23.7 Å². The maximum Gasteiger partial charge on any atom is 0.0362 e. The van der Waals surface area contributed by atoms with Crippen LogP contribution in [0.2, 0.25) is 0 Å². The Morgan fingerprint density at radius 2 is 1.76 bits per heavy atom. The molecule has 17 heavy (non-hydrogen) atoms. The van der Waals surface area contributed by atoms with Crippen molar-refractivity contribution in [2.75, 3.05) is 0 Å². The molecule has 80 valence electrons. The van der Waals surface area contributed by atoms with Crippen molar-refractivity contribution in [3.63, 3.8) is 0 Å². The van der Waals surface area contributed by atoms with Crippen LogP contribution >= 0.6 is 11.3 Å². The van der Waals surface area contributed by atoms with Gasteiger partial charge in [0.2, 0.25) is 0 Å². The Labute approximate surface area is 102 Å². The Morgan fingerprint density at radius 1 is 0.824 bits per heavy atom. The summed E-state index contributed by atoms with van der Waals surface area (Å²) in [7, 11) is 0. The van der Waals surface area contributed by atoms with Crippen LogP contribution in [0.5, 0.6) is 0 Å². The van der Waals surface area contributed by atoms with Crippen LogP contribution in [0.3, 0.4) is 0 Å². The Morgan fingerprint density at radius 3 is 2.76 bits per heavy atom. The highest BCUT2D eigenvalue weighted by Gasteiger charge is 2.05. The summed E-state index contributed by atoms with van der Waals surface area (Å²) in [5.41, 5.74) is 0. The molecule has 0 spiro atoms. The highest BCUT2D eigenvalue weighted by atomic mass is 32.1. The molecule has 0 saturated heterocycles. The number of hydrogen-bond acceptors (Lipinski definition) is 2. The van der Waals surface area contributed by atoms with E-state index in [1.54, 1.807) is 0 Å². The molecule has 4 aromatic rings. The molecular formula is C15H9NS. The molecule has 0 saturated carbocycles. The van der Waals surface area contributed by atoms with Gasteiger partial charge in [0.25, 0.3) is 0 Å². The van der Waals surface area contributed by atoms with Crippen LogP contribution in [-0.4, -0.2) is 4.98 Å². The Balaban J connectivity index is 2.28. The van der Waals surface area contributed by atoms with Crippen LogP contribution in [0.15, 0.2) is 54.9 Å². The largest absolute Gasteiger partial charge is 0.264 e. The van der Waals surface area contributed by atoms with E-state index in [0.29, 0.717) is 0 Å². The fourth-order valence-electron chi connectivity index (χ4n) is 2.31. The average Bonchev–Trinajstić information content (AvgIpc) is 2.73. The zero-order valence-electron chi connectivity index (χ0n) is 9.05. The third-order valence-electron chi connectivity index (χ3n) is 3.14. The zero-order chi connectivity index (χ0) is 11.2. The summed E-state index contributed by atoms with van der Waals surface area (Å²) in [6.07, 6.45) is 3.78. The minimum absolute atomic E-state index is 1.21. The molecule has 2 aromatic heterocycles. The third kappa shape index (κ3) is 1.28. The van der Waals surface area contributed by atoms with Crippen LogP contribution < -0.4 is 0 Å². The standard InChI is InChI=1S/C15H9NS/c1-2-4-14-12(3-1)13-7-10-5-6-16-9-11(10)8-15(13)17-14/h1-9H. The summed E-state index contributed by atoms with van der Waals surface area (Å²) >= 11 is 1.85. The van der Waals surface area contributed by atoms with E-state index >= 15 is 0 Å². The van der Waals surface area contributed by atoms with Crippen LogP contribution in [0, 0.1) is 0 Å². The molecule has 0 fully saturated rings. The van der Waals surface area contributed by atoms with Gasteiger partial charge in [0, 0.05) is 38.0 Å². The van der Waals surface area contributed by atoms with Crippen molar-refractivity contribution in [2.24, 2.45) is 0 Å². The minimum atomic E-state index is 1.21. The Kier molecular flexibility index (Phi) is 1.76. The number of thiophene rings is 1. The molecule has 1 nitrogen and oxygen atoms in total. The lowest BCUT2D eigenvalue weighted by molar-refractivity contribution is 1.37. The Hall–Kier alpha value is -1.93. The lowest BCUT2D eigenvalue weighted by Crippen LogP contribution is -1.74. The van der Waals surface area contributed by atoms with E-state index in [1.165, 1.54) is 30.9 Å². The lowest BCUT2D eigenvalue weighted by Gasteiger charge is -1.97. The van der Waals surface area contributed by atoms with Gasteiger partial charge in [-0.15, -0.1) is 11.3 Å². The molecule has 2 heterocycles. The van der Waals surface area contributed by atoms with E-state index in [-0.39, 0.29) is 0 Å². The van der Waals surface area contributed by atoms with Gasteiger partial charge < -0.3 is 0 Å². The summed E-state index contributed by atoms with van der Waals surface area (Å²) in [5.74, 6) is 0. The number of aromatic nitrogens is 1. The number of fused-ring (bicyclic) bond motifs is 4. The molecule has 0 amide bonds. The molecule has 2 aromatic carbocycles. The van der Waals surface area contributed by atoms with Gasteiger partial charge in [0.15, 0.2) is 0 Å². The number of pyridine rings is 1. The second-order valence-electron chi connectivity index (χ2n) is 4.17. The molecule has 0 unspecified atom stereocenters. The van der Waals surface area contributed by atoms with Gasteiger partial charge in [0.05, 0.1) is 0 Å². The van der Waals surface area contributed by atoms with Gasteiger partial charge >= 0.3 is 0 Å². The second-order valence-corrected chi connectivity index (χ2v) is 5.25. The molecule has 0 atom stereocenters. The second kappa shape index (κ2) is 3.28. The summed E-state index contributed by atoms with van der Waals surface area (Å²) in [6, 6.07) is 15.2. The fourth-order valence-corrected chi connectivity index (χ4v) is 3.44. The third-order valence-corrected chi connectivity index (χ3v) is 4.27. The van der Waals surface area contributed by atoms with Crippen LogP contribution in [0.1, 0.15) is 0 Å². The first-order chi connectivity index (χ1) is 8.42. The summed E-state index contributed by atoms with van der Waals surface area (Å²) in [5, 5.41) is 5.18.